The SMILES string of the molecule is CCOC(=O)CCc1ccc(OCCc2nc(-c3ccccc3)oc2C)cc1OCSCC. The summed E-state index contributed by atoms with van der Waals surface area (Å²) >= 11 is 1.69. The molecule has 0 atom stereocenters. The molecule has 3 rings (SSSR count). The summed E-state index contributed by atoms with van der Waals surface area (Å²) in [7, 11) is 0. The fourth-order valence-electron chi connectivity index (χ4n) is 3.25. The molecule has 0 saturated heterocycles. The van der Waals surface area contributed by atoms with Crippen LogP contribution in [0.3, 0.4) is 0 Å². The predicted octanol–water partition coefficient (Wildman–Crippen LogP) is 5.86. The van der Waals surface area contributed by atoms with Gasteiger partial charge in [0.25, 0.3) is 0 Å². The van der Waals surface area contributed by atoms with Gasteiger partial charge in [-0.2, -0.15) is 0 Å². The molecule has 6 nitrogen and oxygen atoms in total. The van der Waals surface area contributed by atoms with E-state index in [9.17, 15) is 4.79 Å². The Morgan fingerprint density at radius 1 is 1.06 bits per heavy atom. The highest BCUT2D eigenvalue weighted by molar-refractivity contribution is 7.99. The Bertz CT molecular complexity index is 1020. The van der Waals surface area contributed by atoms with Crippen molar-refractivity contribution in [3.63, 3.8) is 0 Å². The van der Waals surface area contributed by atoms with Gasteiger partial charge < -0.3 is 18.6 Å². The molecule has 1 heterocycles. The van der Waals surface area contributed by atoms with Gasteiger partial charge in [-0.15, -0.1) is 11.8 Å². The molecule has 7 heteroatoms. The first-order valence-corrected chi connectivity index (χ1v) is 12.4. The molecule has 0 fully saturated rings. The van der Waals surface area contributed by atoms with Gasteiger partial charge in [0.15, 0.2) is 0 Å². The monoisotopic (exact) mass is 469 g/mol. The van der Waals surface area contributed by atoms with Crippen molar-refractivity contribution in [3.8, 4) is 23.0 Å². The van der Waals surface area contributed by atoms with Gasteiger partial charge in [-0.25, -0.2) is 4.98 Å². The minimum absolute atomic E-state index is 0.204. The molecule has 176 valence electrons. The molecule has 0 aliphatic heterocycles. The van der Waals surface area contributed by atoms with E-state index in [2.05, 4.69) is 11.9 Å². The largest absolute Gasteiger partial charge is 0.493 e. The van der Waals surface area contributed by atoms with Crippen molar-refractivity contribution in [2.75, 3.05) is 24.9 Å². The van der Waals surface area contributed by atoms with Crippen molar-refractivity contribution in [2.45, 2.75) is 40.0 Å². The molecule has 0 bridgehead atoms. The van der Waals surface area contributed by atoms with E-state index in [0.717, 1.165) is 39.8 Å². The first-order valence-electron chi connectivity index (χ1n) is 11.2. The molecule has 2 aromatic carbocycles. The number of hydrogen-bond donors (Lipinski definition) is 0. The van der Waals surface area contributed by atoms with Crippen LogP contribution in [0.1, 0.15) is 37.3 Å². The molecular formula is C26H31NO5S. The fraction of sp³-hybridized carbons (Fsp3) is 0.385. The summed E-state index contributed by atoms with van der Waals surface area (Å²) in [6.45, 7) is 6.67. The zero-order chi connectivity index (χ0) is 23.5. The van der Waals surface area contributed by atoms with Crippen LogP contribution in [0.5, 0.6) is 11.5 Å². The molecule has 0 spiro atoms. The van der Waals surface area contributed by atoms with E-state index < -0.39 is 0 Å². The first kappa shape index (κ1) is 24.7. The summed E-state index contributed by atoms with van der Waals surface area (Å²) < 4.78 is 22.8. The van der Waals surface area contributed by atoms with Crippen LogP contribution < -0.4 is 9.47 Å². The number of aryl methyl sites for hydroxylation is 2. The predicted molar refractivity (Wildman–Crippen MR) is 131 cm³/mol. The van der Waals surface area contributed by atoms with Crippen LogP contribution in [0.25, 0.3) is 11.5 Å². The molecule has 1 aromatic heterocycles. The molecule has 0 radical (unpaired) electrons. The van der Waals surface area contributed by atoms with E-state index in [1.165, 1.54) is 0 Å². The number of thioether (sulfide) groups is 1. The Morgan fingerprint density at radius 3 is 2.64 bits per heavy atom. The van der Waals surface area contributed by atoms with Crippen LogP contribution in [0.4, 0.5) is 0 Å². The normalized spacial score (nSPS) is 10.8. The van der Waals surface area contributed by atoms with Gasteiger partial charge in [-0.3, -0.25) is 4.79 Å². The molecule has 0 amide bonds. The first-order chi connectivity index (χ1) is 16.1. The number of oxazole rings is 1. The Labute approximate surface area is 199 Å². The van der Waals surface area contributed by atoms with E-state index in [1.807, 2.05) is 62.4 Å². The number of esters is 1. The molecule has 0 unspecified atom stereocenters. The highest BCUT2D eigenvalue weighted by atomic mass is 32.2. The van der Waals surface area contributed by atoms with E-state index >= 15 is 0 Å². The van der Waals surface area contributed by atoms with Crippen LogP contribution in [-0.2, 0) is 22.4 Å². The summed E-state index contributed by atoms with van der Waals surface area (Å²) in [5.74, 6) is 4.19. The minimum Gasteiger partial charge on any atom is -0.493 e. The van der Waals surface area contributed by atoms with Crippen LogP contribution in [0, 0.1) is 6.92 Å². The van der Waals surface area contributed by atoms with Gasteiger partial charge in [0.1, 0.15) is 23.2 Å². The maximum absolute atomic E-state index is 11.7. The Morgan fingerprint density at radius 2 is 1.88 bits per heavy atom. The maximum Gasteiger partial charge on any atom is 0.306 e. The maximum atomic E-state index is 11.7. The lowest BCUT2D eigenvalue weighted by Crippen LogP contribution is -2.07. The summed E-state index contributed by atoms with van der Waals surface area (Å²) in [5, 5.41) is 0. The third-order valence-electron chi connectivity index (χ3n) is 4.97. The van der Waals surface area contributed by atoms with Crippen molar-refractivity contribution in [1.82, 2.24) is 4.98 Å². The zero-order valence-electron chi connectivity index (χ0n) is 19.5. The van der Waals surface area contributed by atoms with Gasteiger partial charge in [0.05, 0.1) is 18.9 Å². The Balaban J connectivity index is 1.61. The van der Waals surface area contributed by atoms with Crippen LogP contribution in [0.2, 0.25) is 0 Å². The number of nitrogens with zero attached hydrogens (tertiary/aromatic N) is 1. The minimum atomic E-state index is -0.204. The molecular weight excluding hydrogens is 438 g/mol. The highest BCUT2D eigenvalue weighted by Gasteiger charge is 2.13. The van der Waals surface area contributed by atoms with Gasteiger partial charge in [-0.05, 0) is 49.8 Å². The highest BCUT2D eigenvalue weighted by Crippen LogP contribution is 2.28. The molecule has 33 heavy (non-hydrogen) atoms. The summed E-state index contributed by atoms with van der Waals surface area (Å²) in [4.78, 5) is 16.4. The summed E-state index contributed by atoms with van der Waals surface area (Å²) in [6, 6.07) is 15.6. The van der Waals surface area contributed by atoms with Gasteiger partial charge >= 0.3 is 5.97 Å². The third kappa shape index (κ3) is 7.56. The quantitative estimate of drug-likeness (QED) is 0.176. The number of aromatic nitrogens is 1. The van der Waals surface area contributed by atoms with E-state index in [-0.39, 0.29) is 5.97 Å². The van der Waals surface area contributed by atoms with Crippen molar-refractivity contribution in [1.29, 1.82) is 0 Å². The smallest absolute Gasteiger partial charge is 0.306 e. The fourth-order valence-corrected chi connectivity index (χ4v) is 3.63. The second kappa shape index (κ2) is 12.9. The van der Waals surface area contributed by atoms with Gasteiger partial charge in [0.2, 0.25) is 5.89 Å². The average Bonchev–Trinajstić information content (AvgIpc) is 3.20. The summed E-state index contributed by atoms with van der Waals surface area (Å²) in [5.41, 5.74) is 2.81. The lowest BCUT2D eigenvalue weighted by molar-refractivity contribution is -0.143. The third-order valence-corrected chi connectivity index (χ3v) is 5.66. The van der Waals surface area contributed by atoms with Crippen molar-refractivity contribution < 1.29 is 23.4 Å². The van der Waals surface area contributed by atoms with Crippen LogP contribution in [-0.4, -0.2) is 35.9 Å². The van der Waals surface area contributed by atoms with Crippen molar-refractivity contribution in [3.05, 3.63) is 65.5 Å². The Kier molecular flexibility index (Phi) is 9.69. The van der Waals surface area contributed by atoms with Crippen LogP contribution in [0.15, 0.2) is 52.9 Å². The van der Waals surface area contributed by atoms with Gasteiger partial charge in [0, 0.05) is 24.5 Å². The van der Waals surface area contributed by atoms with Crippen molar-refractivity contribution in [2.24, 2.45) is 0 Å². The summed E-state index contributed by atoms with van der Waals surface area (Å²) in [6.07, 6.45) is 1.51. The number of carbonyl (C=O) groups excluding carboxylic acids is 1. The van der Waals surface area contributed by atoms with Crippen molar-refractivity contribution >= 4 is 17.7 Å². The number of hydrogen-bond acceptors (Lipinski definition) is 7. The molecule has 0 aliphatic carbocycles. The number of carbonyl (C=O) groups is 1. The number of benzene rings is 2. The average molecular weight is 470 g/mol. The molecule has 0 saturated carbocycles. The second-order valence-electron chi connectivity index (χ2n) is 7.32. The van der Waals surface area contributed by atoms with Crippen LogP contribution >= 0.6 is 11.8 Å². The second-order valence-corrected chi connectivity index (χ2v) is 8.54. The Hall–Kier alpha value is -2.93. The molecule has 0 N–H and O–H groups in total. The van der Waals surface area contributed by atoms with Gasteiger partial charge in [-0.1, -0.05) is 31.2 Å². The molecule has 0 aliphatic rings. The topological polar surface area (TPSA) is 70.8 Å². The van der Waals surface area contributed by atoms with E-state index in [4.69, 9.17) is 18.6 Å². The number of ether oxygens (including phenoxy) is 3. The molecule has 3 aromatic rings. The van der Waals surface area contributed by atoms with E-state index in [1.54, 1.807) is 11.8 Å². The lowest BCUT2D eigenvalue weighted by atomic mass is 10.1. The number of rotatable bonds is 13. The lowest BCUT2D eigenvalue weighted by Gasteiger charge is -2.13. The standard InChI is InChI=1S/C26H31NO5S/c1-4-29-25(28)14-12-20-11-13-22(17-24(20)31-18-33-5-2)30-16-15-23-19(3)32-26(27-23)21-9-7-6-8-10-21/h6-11,13,17H,4-5,12,14-16,18H2,1-3H3. The zero-order valence-corrected chi connectivity index (χ0v) is 20.3. The van der Waals surface area contributed by atoms with E-state index in [0.29, 0.717) is 44.3 Å².